The molecule has 0 saturated heterocycles. The first-order valence-corrected chi connectivity index (χ1v) is 5.36. The number of carbonyl (C=O) groups excluding carboxylic acids is 1. The van der Waals surface area contributed by atoms with Crippen molar-refractivity contribution in [2.45, 2.75) is 19.5 Å². The van der Waals surface area contributed by atoms with Gasteiger partial charge in [0.05, 0.1) is 5.56 Å². The lowest BCUT2D eigenvalue weighted by Gasteiger charge is -2.06. The van der Waals surface area contributed by atoms with E-state index in [2.05, 4.69) is 4.98 Å². The molecule has 3 nitrogen and oxygen atoms in total. The lowest BCUT2D eigenvalue weighted by Crippen LogP contribution is -2.13. The molecule has 2 rings (SSSR count). The summed E-state index contributed by atoms with van der Waals surface area (Å²) in [5.41, 5.74) is 5.62. The average molecular weight is 256 g/mol. The van der Waals surface area contributed by atoms with Crippen LogP contribution in [0, 0.1) is 0 Å². The molecule has 0 aliphatic rings. The molecule has 0 radical (unpaired) electrons. The van der Waals surface area contributed by atoms with Gasteiger partial charge >= 0.3 is 6.18 Å². The average Bonchev–Trinajstić information content (AvgIpc) is 2.65. The van der Waals surface area contributed by atoms with Gasteiger partial charge in [-0.05, 0) is 30.2 Å². The number of fused-ring (bicyclic) bond motifs is 1. The van der Waals surface area contributed by atoms with Gasteiger partial charge in [0.1, 0.15) is 5.69 Å². The first-order valence-electron chi connectivity index (χ1n) is 5.36. The number of halogens is 3. The Kier molecular flexibility index (Phi) is 2.80. The quantitative estimate of drug-likeness (QED) is 0.852. The molecule has 3 N–H and O–H groups in total. The van der Waals surface area contributed by atoms with Crippen LogP contribution in [-0.4, -0.2) is 10.9 Å². The van der Waals surface area contributed by atoms with E-state index in [1.807, 2.05) is 0 Å². The van der Waals surface area contributed by atoms with Gasteiger partial charge in [0.15, 0.2) is 0 Å². The van der Waals surface area contributed by atoms with Crippen molar-refractivity contribution < 1.29 is 18.0 Å². The van der Waals surface area contributed by atoms with Gasteiger partial charge < -0.3 is 10.7 Å². The summed E-state index contributed by atoms with van der Waals surface area (Å²) in [5, 5.41) is 0.390. The van der Waals surface area contributed by atoms with E-state index in [0.717, 1.165) is 12.1 Å². The molecule has 0 fully saturated rings. The van der Waals surface area contributed by atoms with Crippen LogP contribution in [0.5, 0.6) is 0 Å². The number of nitrogens with one attached hydrogen (secondary N) is 1. The zero-order chi connectivity index (χ0) is 13.5. The Balaban J connectivity index is 2.72. The fourth-order valence-electron chi connectivity index (χ4n) is 2.00. The highest BCUT2D eigenvalue weighted by Crippen LogP contribution is 2.33. The van der Waals surface area contributed by atoms with Crippen molar-refractivity contribution in [3.8, 4) is 0 Å². The number of aryl methyl sites for hydroxylation is 1. The number of rotatable bonds is 2. The zero-order valence-electron chi connectivity index (χ0n) is 9.56. The molecule has 2 aromatic rings. The van der Waals surface area contributed by atoms with Crippen LogP contribution in [-0.2, 0) is 12.6 Å². The summed E-state index contributed by atoms with van der Waals surface area (Å²) < 4.78 is 37.8. The molecule has 18 heavy (non-hydrogen) atoms. The van der Waals surface area contributed by atoms with Crippen LogP contribution in [0.3, 0.4) is 0 Å². The van der Waals surface area contributed by atoms with Crippen LogP contribution in [0.15, 0.2) is 18.2 Å². The molecule has 1 aromatic carbocycles. The summed E-state index contributed by atoms with van der Waals surface area (Å²) in [5.74, 6) is -0.670. The van der Waals surface area contributed by atoms with Crippen molar-refractivity contribution in [2.75, 3.05) is 0 Å². The Morgan fingerprint density at radius 1 is 1.39 bits per heavy atom. The second-order valence-electron chi connectivity index (χ2n) is 3.95. The van der Waals surface area contributed by atoms with Crippen LogP contribution in [0.4, 0.5) is 13.2 Å². The van der Waals surface area contributed by atoms with E-state index >= 15 is 0 Å². The van der Waals surface area contributed by atoms with E-state index in [4.69, 9.17) is 5.73 Å². The van der Waals surface area contributed by atoms with Gasteiger partial charge in [0.25, 0.3) is 5.91 Å². The Labute approximate surface area is 101 Å². The van der Waals surface area contributed by atoms with E-state index in [1.54, 1.807) is 6.92 Å². The summed E-state index contributed by atoms with van der Waals surface area (Å²) in [4.78, 5) is 14.0. The largest absolute Gasteiger partial charge is 0.416 e. The molecule has 96 valence electrons. The zero-order valence-corrected chi connectivity index (χ0v) is 9.56. The molecule has 0 aliphatic carbocycles. The number of hydrogen-bond donors (Lipinski definition) is 2. The third-order valence-electron chi connectivity index (χ3n) is 2.83. The van der Waals surface area contributed by atoms with E-state index < -0.39 is 17.6 Å². The molecule has 0 aliphatic heterocycles. The number of carbonyl (C=O) groups is 1. The van der Waals surface area contributed by atoms with Crippen molar-refractivity contribution in [2.24, 2.45) is 5.73 Å². The van der Waals surface area contributed by atoms with Gasteiger partial charge in [-0.2, -0.15) is 13.2 Å². The highest BCUT2D eigenvalue weighted by molar-refractivity contribution is 6.00. The standard InChI is InChI=1S/C12H11F3N2O/c1-2-7-8-5-6(12(13,14)15)3-4-9(8)17-10(7)11(16)18/h3-5,17H,2H2,1H3,(H2,16,18). The van der Waals surface area contributed by atoms with Crippen molar-refractivity contribution in [3.63, 3.8) is 0 Å². The molecule has 0 spiro atoms. The number of H-pyrrole nitrogens is 1. The SMILES string of the molecule is CCc1c(C(N)=O)[nH]c2ccc(C(F)(F)F)cc12. The summed E-state index contributed by atoms with van der Waals surface area (Å²) in [6.07, 6.45) is -3.97. The molecular formula is C12H11F3N2O. The van der Waals surface area contributed by atoms with E-state index in [1.165, 1.54) is 6.07 Å². The first-order chi connectivity index (χ1) is 8.34. The number of aromatic nitrogens is 1. The minimum Gasteiger partial charge on any atom is -0.364 e. The first kappa shape index (κ1) is 12.5. The highest BCUT2D eigenvalue weighted by Gasteiger charge is 2.31. The van der Waals surface area contributed by atoms with Gasteiger partial charge in [0.2, 0.25) is 0 Å². The molecule has 0 atom stereocenters. The third kappa shape index (κ3) is 1.94. The highest BCUT2D eigenvalue weighted by atomic mass is 19.4. The smallest absolute Gasteiger partial charge is 0.364 e. The Hall–Kier alpha value is -1.98. The van der Waals surface area contributed by atoms with Crippen LogP contribution in [0.2, 0.25) is 0 Å². The summed E-state index contributed by atoms with van der Waals surface area (Å²) in [6, 6.07) is 3.32. The Bertz CT molecular complexity index is 614. The van der Waals surface area contributed by atoms with Crippen LogP contribution < -0.4 is 5.73 Å². The number of aromatic amines is 1. The monoisotopic (exact) mass is 256 g/mol. The molecular weight excluding hydrogens is 245 g/mol. The lowest BCUT2D eigenvalue weighted by molar-refractivity contribution is -0.137. The number of nitrogens with two attached hydrogens (primary N) is 1. The van der Waals surface area contributed by atoms with Gasteiger partial charge in [-0.3, -0.25) is 4.79 Å². The fourth-order valence-corrected chi connectivity index (χ4v) is 2.00. The topological polar surface area (TPSA) is 58.9 Å². The summed E-state index contributed by atoms with van der Waals surface area (Å²) in [7, 11) is 0. The molecule has 0 unspecified atom stereocenters. The van der Waals surface area contributed by atoms with Crippen LogP contribution >= 0.6 is 0 Å². The summed E-state index contributed by atoms with van der Waals surface area (Å²) in [6.45, 7) is 1.76. The normalized spacial score (nSPS) is 12.0. The minimum absolute atomic E-state index is 0.173. The van der Waals surface area contributed by atoms with E-state index in [-0.39, 0.29) is 5.69 Å². The van der Waals surface area contributed by atoms with Gasteiger partial charge in [-0.15, -0.1) is 0 Å². The van der Waals surface area contributed by atoms with E-state index in [9.17, 15) is 18.0 Å². The number of alkyl halides is 3. The number of hydrogen-bond acceptors (Lipinski definition) is 1. The number of benzene rings is 1. The van der Waals surface area contributed by atoms with E-state index in [0.29, 0.717) is 22.9 Å². The Morgan fingerprint density at radius 3 is 2.56 bits per heavy atom. The molecule has 0 saturated carbocycles. The number of amides is 1. The van der Waals surface area contributed by atoms with Gasteiger partial charge in [-0.1, -0.05) is 6.92 Å². The molecule has 1 aromatic heterocycles. The third-order valence-corrected chi connectivity index (χ3v) is 2.83. The maximum absolute atomic E-state index is 12.6. The predicted molar refractivity (Wildman–Crippen MR) is 61.2 cm³/mol. The molecule has 6 heteroatoms. The molecule has 1 amide bonds. The van der Waals surface area contributed by atoms with Crippen molar-refractivity contribution in [1.29, 1.82) is 0 Å². The predicted octanol–water partition coefficient (Wildman–Crippen LogP) is 2.85. The molecule has 1 heterocycles. The Morgan fingerprint density at radius 2 is 2.06 bits per heavy atom. The van der Waals surface area contributed by atoms with Crippen molar-refractivity contribution >= 4 is 16.8 Å². The van der Waals surface area contributed by atoms with Gasteiger partial charge in [0, 0.05) is 10.9 Å². The van der Waals surface area contributed by atoms with Gasteiger partial charge in [-0.25, -0.2) is 0 Å². The second kappa shape index (κ2) is 4.04. The van der Waals surface area contributed by atoms with Crippen LogP contribution in [0.25, 0.3) is 10.9 Å². The minimum atomic E-state index is -4.40. The number of primary amides is 1. The maximum atomic E-state index is 12.6. The van der Waals surface area contributed by atoms with Crippen LogP contribution in [0.1, 0.15) is 28.5 Å². The van der Waals surface area contributed by atoms with Crippen molar-refractivity contribution in [3.05, 3.63) is 35.0 Å². The fraction of sp³-hybridized carbons (Fsp3) is 0.250. The molecule has 0 bridgehead atoms. The lowest BCUT2D eigenvalue weighted by atomic mass is 10.1. The maximum Gasteiger partial charge on any atom is 0.416 e. The van der Waals surface area contributed by atoms with Crippen molar-refractivity contribution in [1.82, 2.24) is 4.98 Å². The summed E-state index contributed by atoms with van der Waals surface area (Å²) >= 11 is 0. The second-order valence-corrected chi connectivity index (χ2v) is 3.95.